The van der Waals surface area contributed by atoms with Gasteiger partial charge in [0.05, 0.1) is 25.0 Å². The highest BCUT2D eigenvalue weighted by atomic mass is 16.3. The average molecular weight is 443 g/mol. The van der Waals surface area contributed by atoms with Crippen molar-refractivity contribution in [2.24, 2.45) is 0 Å². The van der Waals surface area contributed by atoms with E-state index in [1.807, 2.05) is 11.9 Å². The van der Waals surface area contributed by atoms with Crippen molar-refractivity contribution in [1.82, 2.24) is 29.5 Å². The highest BCUT2D eigenvalue weighted by Crippen LogP contribution is 2.30. The summed E-state index contributed by atoms with van der Waals surface area (Å²) < 4.78 is 1.60. The average Bonchev–Trinajstić information content (AvgIpc) is 3.22. The lowest BCUT2D eigenvalue weighted by atomic mass is 9.87. The number of hydrogen-bond acceptors (Lipinski definition) is 8. The van der Waals surface area contributed by atoms with Crippen molar-refractivity contribution < 1.29 is 14.7 Å². The minimum atomic E-state index is -0.103. The van der Waals surface area contributed by atoms with Crippen LogP contribution in [-0.2, 0) is 22.7 Å². The van der Waals surface area contributed by atoms with E-state index in [1.165, 1.54) is 6.08 Å². The summed E-state index contributed by atoms with van der Waals surface area (Å²) in [5, 5.41) is 18.8. The standard InChI is InChI=1S/C21H30N8O3/c1-4-18(32)28-7-5-21(2,6-8-28)27(3)13-16-11-22-20(26-19(16)23-15-31)25-17-12-24-29(14-17)9-10-30/h4,11-12,14-15,30H,1,5-10,13H2,2-3H3,(H2,22,23,25,26,31). The third-order valence-corrected chi connectivity index (χ3v) is 5.93. The number of anilines is 3. The molecule has 11 nitrogen and oxygen atoms in total. The van der Waals surface area contributed by atoms with Gasteiger partial charge >= 0.3 is 0 Å². The van der Waals surface area contributed by atoms with Crippen LogP contribution in [0.15, 0.2) is 31.2 Å². The monoisotopic (exact) mass is 442 g/mol. The molecular formula is C21H30N8O3. The van der Waals surface area contributed by atoms with Crippen molar-refractivity contribution in [3.63, 3.8) is 0 Å². The van der Waals surface area contributed by atoms with Crippen LogP contribution >= 0.6 is 0 Å². The van der Waals surface area contributed by atoms with Crippen molar-refractivity contribution in [3.8, 4) is 0 Å². The smallest absolute Gasteiger partial charge is 0.245 e. The quantitative estimate of drug-likeness (QED) is 0.367. The van der Waals surface area contributed by atoms with Crippen molar-refractivity contribution in [2.45, 2.75) is 38.4 Å². The maximum Gasteiger partial charge on any atom is 0.245 e. The molecule has 1 aliphatic heterocycles. The van der Waals surface area contributed by atoms with Gasteiger partial charge in [-0.25, -0.2) is 4.98 Å². The molecular weight excluding hydrogens is 412 g/mol. The number of aromatic nitrogens is 4. The molecule has 0 unspecified atom stereocenters. The van der Waals surface area contributed by atoms with Crippen LogP contribution in [0.3, 0.4) is 0 Å². The van der Waals surface area contributed by atoms with E-state index in [1.54, 1.807) is 23.3 Å². The van der Waals surface area contributed by atoms with Gasteiger partial charge in [-0.3, -0.25) is 19.2 Å². The molecule has 3 rings (SSSR count). The molecule has 172 valence electrons. The molecule has 11 heteroatoms. The Balaban J connectivity index is 1.69. The number of aliphatic hydroxyl groups is 1. The highest BCUT2D eigenvalue weighted by molar-refractivity contribution is 5.87. The van der Waals surface area contributed by atoms with Gasteiger partial charge in [0.2, 0.25) is 18.3 Å². The second-order valence-electron chi connectivity index (χ2n) is 8.05. The van der Waals surface area contributed by atoms with E-state index in [9.17, 15) is 9.59 Å². The predicted molar refractivity (Wildman–Crippen MR) is 120 cm³/mol. The first-order chi connectivity index (χ1) is 15.4. The molecule has 3 N–H and O–H groups in total. The molecule has 2 aromatic rings. The van der Waals surface area contributed by atoms with Crippen molar-refractivity contribution in [1.29, 1.82) is 0 Å². The Morgan fingerprint density at radius 1 is 1.38 bits per heavy atom. The first-order valence-corrected chi connectivity index (χ1v) is 10.5. The summed E-state index contributed by atoms with van der Waals surface area (Å²) in [6.07, 6.45) is 8.64. The number of aliphatic hydroxyl groups excluding tert-OH is 1. The van der Waals surface area contributed by atoms with Crippen LogP contribution in [0.25, 0.3) is 0 Å². The zero-order valence-corrected chi connectivity index (χ0v) is 18.5. The van der Waals surface area contributed by atoms with Gasteiger partial charge in [0.15, 0.2) is 0 Å². The van der Waals surface area contributed by atoms with E-state index < -0.39 is 0 Å². The van der Waals surface area contributed by atoms with Crippen LogP contribution < -0.4 is 10.6 Å². The number of rotatable bonds is 10. The molecule has 0 bridgehead atoms. The number of nitrogens with zero attached hydrogens (tertiary/aromatic N) is 6. The number of piperidine rings is 1. The van der Waals surface area contributed by atoms with E-state index in [0.717, 1.165) is 18.4 Å². The first-order valence-electron chi connectivity index (χ1n) is 10.5. The maximum absolute atomic E-state index is 11.9. The molecule has 0 aliphatic carbocycles. The van der Waals surface area contributed by atoms with Gasteiger partial charge in [0.1, 0.15) is 5.82 Å². The fourth-order valence-corrected chi connectivity index (χ4v) is 3.71. The van der Waals surface area contributed by atoms with Crippen LogP contribution in [0.1, 0.15) is 25.3 Å². The molecule has 3 heterocycles. The van der Waals surface area contributed by atoms with Gasteiger partial charge in [0, 0.05) is 43.1 Å². The Hall–Kier alpha value is -3.31. The Morgan fingerprint density at radius 3 is 2.78 bits per heavy atom. The first kappa shape index (κ1) is 23.4. The molecule has 1 saturated heterocycles. The molecule has 2 aromatic heterocycles. The number of likely N-dealkylation sites (tertiary alicyclic amines) is 1. The van der Waals surface area contributed by atoms with Crippen molar-refractivity contribution in [3.05, 3.63) is 36.8 Å². The fraction of sp³-hybridized carbons (Fsp3) is 0.476. The van der Waals surface area contributed by atoms with Gasteiger partial charge in [-0.15, -0.1) is 0 Å². The van der Waals surface area contributed by atoms with Crippen molar-refractivity contribution >= 4 is 29.8 Å². The molecule has 0 atom stereocenters. The van der Waals surface area contributed by atoms with Crippen LogP contribution in [0.2, 0.25) is 0 Å². The van der Waals surface area contributed by atoms with Crippen LogP contribution in [-0.4, -0.2) is 79.3 Å². The van der Waals surface area contributed by atoms with E-state index in [4.69, 9.17) is 5.11 Å². The number of carbonyl (C=O) groups excluding carboxylic acids is 2. The molecule has 0 saturated carbocycles. The molecule has 0 radical (unpaired) electrons. The number of amides is 2. The van der Waals surface area contributed by atoms with Crippen LogP contribution in [0.5, 0.6) is 0 Å². The molecule has 32 heavy (non-hydrogen) atoms. The predicted octanol–water partition coefficient (Wildman–Crippen LogP) is 0.976. The number of hydrogen-bond donors (Lipinski definition) is 3. The molecule has 1 fully saturated rings. The molecule has 0 spiro atoms. The lowest BCUT2D eigenvalue weighted by Crippen LogP contribution is -2.52. The third-order valence-electron chi connectivity index (χ3n) is 5.93. The Bertz CT molecular complexity index is 952. The minimum absolute atomic E-state index is 0.00521. The van der Waals surface area contributed by atoms with E-state index in [2.05, 4.69) is 44.1 Å². The maximum atomic E-state index is 11.9. The van der Waals surface area contributed by atoms with E-state index >= 15 is 0 Å². The zero-order valence-electron chi connectivity index (χ0n) is 18.5. The summed E-state index contributed by atoms with van der Waals surface area (Å²) in [6.45, 7) is 8.02. The Morgan fingerprint density at radius 2 is 2.12 bits per heavy atom. The SMILES string of the molecule is C=CC(=O)N1CCC(C)(N(C)Cc2cnc(Nc3cnn(CCO)c3)nc2NC=O)CC1. The second-order valence-corrected chi connectivity index (χ2v) is 8.05. The lowest BCUT2D eigenvalue weighted by Gasteiger charge is -2.45. The van der Waals surface area contributed by atoms with Crippen LogP contribution in [0.4, 0.5) is 17.5 Å². The van der Waals surface area contributed by atoms with Gasteiger partial charge < -0.3 is 20.6 Å². The van der Waals surface area contributed by atoms with E-state index in [0.29, 0.717) is 50.0 Å². The highest BCUT2D eigenvalue weighted by Gasteiger charge is 2.35. The lowest BCUT2D eigenvalue weighted by molar-refractivity contribution is -0.128. The third kappa shape index (κ3) is 5.48. The van der Waals surface area contributed by atoms with Crippen molar-refractivity contribution in [2.75, 3.05) is 37.4 Å². The van der Waals surface area contributed by atoms with Crippen LogP contribution in [0, 0.1) is 0 Å². The summed E-state index contributed by atoms with van der Waals surface area (Å²) in [7, 11) is 2.03. The van der Waals surface area contributed by atoms with Gasteiger partial charge in [-0.05, 0) is 32.9 Å². The summed E-state index contributed by atoms with van der Waals surface area (Å²) in [5.74, 6) is 0.715. The summed E-state index contributed by atoms with van der Waals surface area (Å²) >= 11 is 0. The van der Waals surface area contributed by atoms with Gasteiger partial charge in [-0.2, -0.15) is 10.1 Å². The largest absolute Gasteiger partial charge is 0.394 e. The number of nitrogens with one attached hydrogen (secondary N) is 2. The summed E-state index contributed by atoms with van der Waals surface area (Å²) in [6, 6.07) is 0. The van der Waals surface area contributed by atoms with E-state index in [-0.39, 0.29) is 18.1 Å². The zero-order chi connectivity index (χ0) is 23.1. The molecule has 1 aliphatic rings. The molecule has 2 amide bonds. The Labute approximate surface area is 187 Å². The number of carbonyl (C=O) groups is 2. The minimum Gasteiger partial charge on any atom is -0.394 e. The normalized spacial score (nSPS) is 15.4. The fourth-order valence-electron chi connectivity index (χ4n) is 3.71. The Kier molecular flexibility index (Phi) is 7.54. The summed E-state index contributed by atoms with van der Waals surface area (Å²) in [4.78, 5) is 35.9. The van der Waals surface area contributed by atoms with Gasteiger partial charge in [0.25, 0.3) is 0 Å². The topological polar surface area (TPSA) is 129 Å². The second kappa shape index (κ2) is 10.3. The molecule has 0 aromatic carbocycles. The van der Waals surface area contributed by atoms with Gasteiger partial charge in [-0.1, -0.05) is 6.58 Å². The summed E-state index contributed by atoms with van der Waals surface area (Å²) in [5.41, 5.74) is 1.36.